The molecule has 0 N–H and O–H groups in total. The number of fused-ring (bicyclic) bond motifs is 2. The fraction of sp³-hybridized carbons (Fsp3) is 0.350. The van der Waals surface area contributed by atoms with E-state index in [-0.39, 0.29) is 5.56 Å². The highest BCUT2D eigenvalue weighted by molar-refractivity contribution is 7.15. The number of aromatic nitrogens is 3. The van der Waals surface area contributed by atoms with Gasteiger partial charge in [-0.25, -0.2) is 4.98 Å². The van der Waals surface area contributed by atoms with Crippen molar-refractivity contribution in [3.63, 3.8) is 0 Å². The van der Waals surface area contributed by atoms with Crippen molar-refractivity contribution in [1.29, 1.82) is 0 Å². The van der Waals surface area contributed by atoms with Crippen molar-refractivity contribution >= 4 is 43.7 Å². The van der Waals surface area contributed by atoms with E-state index in [2.05, 4.69) is 48.8 Å². The van der Waals surface area contributed by atoms with Gasteiger partial charge in [-0.05, 0) is 30.6 Å². The van der Waals surface area contributed by atoms with Gasteiger partial charge in [-0.2, -0.15) is 4.37 Å². The third-order valence-electron chi connectivity index (χ3n) is 5.32. The molecule has 3 aromatic heterocycles. The van der Waals surface area contributed by atoms with Crippen molar-refractivity contribution in [2.45, 2.75) is 13.3 Å². The normalized spacial score (nSPS) is 15.7. The van der Waals surface area contributed by atoms with E-state index in [4.69, 9.17) is 0 Å². The molecule has 0 atom stereocenters. The van der Waals surface area contributed by atoms with Crippen LogP contribution in [0.25, 0.3) is 15.0 Å². The molecular weight excluding hydrogens is 390 g/mol. The van der Waals surface area contributed by atoms with Gasteiger partial charge < -0.3 is 4.90 Å². The van der Waals surface area contributed by atoms with Gasteiger partial charge in [0, 0.05) is 67.4 Å². The van der Waals surface area contributed by atoms with Gasteiger partial charge in [0.05, 0.1) is 4.70 Å². The molecule has 1 aliphatic rings. The predicted molar refractivity (Wildman–Crippen MR) is 116 cm³/mol. The average molecular weight is 412 g/mol. The first-order valence-electron chi connectivity index (χ1n) is 9.47. The first-order chi connectivity index (χ1) is 13.7. The number of piperazine rings is 1. The van der Waals surface area contributed by atoms with Crippen LogP contribution in [-0.2, 0) is 6.42 Å². The van der Waals surface area contributed by atoms with Crippen LogP contribution in [0.5, 0.6) is 0 Å². The highest BCUT2D eigenvalue weighted by Gasteiger charge is 2.21. The minimum Gasteiger partial charge on any atom is -0.353 e. The maximum absolute atomic E-state index is 12.3. The van der Waals surface area contributed by atoms with Crippen LogP contribution in [0, 0.1) is 6.92 Å². The van der Waals surface area contributed by atoms with Crippen LogP contribution >= 0.6 is 22.9 Å². The second-order valence-electron chi connectivity index (χ2n) is 7.16. The lowest BCUT2D eigenvalue weighted by molar-refractivity contribution is 0.260. The number of hydrogen-bond donors (Lipinski definition) is 0. The summed E-state index contributed by atoms with van der Waals surface area (Å²) in [7, 11) is 0. The number of rotatable bonds is 4. The van der Waals surface area contributed by atoms with Gasteiger partial charge in [0.25, 0.3) is 5.56 Å². The Kier molecular flexibility index (Phi) is 4.62. The van der Waals surface area contributed by atoms with E-state index in [0.717, 1.165) is 61.3 Å². The maximum atomic E-state index is 12.3. The van der Waals surface area contributed by atoms with Gasteiger partial charge in [0.15, 0.2) is 4.96 Å². The van der Waals surface area contributed by atoms with Crippen LogP contribution in [0.2, 0.25) is 0 Å². The lowest BCUT2D eigenvalue weighted by Gasteiger charge is -2.35. The lowest BCUT2D eigenvalue weighted by atomic mass is 10.2. The second-order valence-corrected chi connectivity index (χ2v) is 8.80. The van der Waals surface area contributed by atoms with E-state index in [1.165, 1.54) is 10.1 Å². The second kappa shape index (κ2) is 7.27. The third kappa shape index (κ3) is 3.21. The highest BCUT2D eigenvalue weighted by atomic mass is 32.1. The van der Waals surface area contributed by atoms with Gasteiger partial charge in [-0.15, -0.1) is 11.3 Å². The molecule has 1 aromatic carbocycles. The van der Waals surface area contributed by atoms with Crippen LogP contribution in [0.15, 0.2) is 40.5 Å². The quantitative estimate of drug-likeness (QED) is 0.517. The van der Waals surface area contributed by atoms with Crippen molar-refractivity contribution in [1.82, 2.24) is 18.7 Å². The molecule has 4 heterocycles. The molecule has 144 valence electrons. The molecular formula is C20H21N5OS2. The molecule has 6 nitrogen and oxygen atoms in total. The summed E-state index contributed by atoms with van der Waals surface area (Å²) in [5.74, 6) is 1.12. The van der Waals surface area contributed by atoms with Gasteiger partial charge in [0.1, 0.15) is 5.82 Å². The molecule has 1 aliphatic heterocycles. The molecule has 4 aromatic rings. The summed E-state index contributed by atoms with van der Waals surface area (Å²) in [6.45, 7) is 6.82. The smallest absolute Gasteiger partial charge is 0.258 e. The minimum absolute atomic E-state index is 0.0268. The van der Waals surface area contributed by atoms with Crippen molar-refractivity contribution in [2.75, 3.05) is 37.6 Å². The topological polar surface area (TPSA) is 53.7 Å². The predicted octanol–water partition coefficient (Wildman–Crippen LogP) is 3.04. The van der Waals surface area contributed by atoms with Gasteiger partial charge in [0.2, 0.25) is 0 Å². The van der Waals surface area contributed by atoms with Gasteiger partial charge in [-0.3, -0.25) is 14.1 Å². The Balaban J connectivity index is 1.24. The van der Waals surface area contributed by atoms with E-state index in [1.54, 1.807) is 33.3 Å². The number of hydrogen-bond acceptors (Lipinski definition) is 7. The zero-order valence-corrected chi connectivity index (χ0v) is 17.3. The summed E-state index contributed by atoms with van der Waals surface area (Å²) in [5, 5.41) is 3.33. The molecule has 0 bridgehead atoms. The number of aryl methyl sites for hydroxylation is 1. The monoisotopic (exact) mass is 411 g/mol. The zero-order valence-electron chi connectivity index (χ0n) is 15.7. The number of anilines is 1. The molecule has 8 heteroatoms. The molecule has 1 fully saturated rings. The first-order valence-corrected chi connectivity index (χ1v) is 11.1. The van der Waals surface area contributed by atoms with Crippen molar-refractivity contribution in [2.24, 2.45) is 0 Å². The summed E-state index contributed by atoms with van der Waals surface area (Å²) in [6, 6.07) is 10.1. The summed E-state index contributed by atoms with van der Waals surface area (Å²) in [4.78, 5) is 22.4. The molecule has 0 spiro atoms. The standard InChI is InChI=1S/C20H21N5OS2/c1-14-12-18(26)25-15(13-27-20(25)21-14)6-7-23-8-10-24(11-9-23)19-16-4-2-3-5-17(16)28-22-19/h2-5,12-13H,6-11H2,1H3. The molecule has 0 aliphatic carbocycles. The van der Waals surface area contributed by atoms with Crippen LogP contribution in [0.1, 0.15) is 11.4 Å². The molecule has 0 amide bonds. The third-order valence-corrected chi connectivity index (χ3v) is 7.01. The summed E-state index contributed by atoms with van der Waals surface area (Å²) >= 11 is 3.12. The Morgan fingerprint density at radius 1 is 1.14 bits per heavy atom. The van der Waals surface area contributed by atoms with E-state index in [9.17, 15) is 4.79 Å². The van der Waals surface area contributed by atoms with E-state index >= 15 is 0 Å². The van der Waals surface area contributed by atoms with E-state index in [0.29, 0.717) is 0 Å². The van der Waals surface area contributed by atoms with Crippen LogP contribution < -0.4 is 10.5 Å². The number of nitrogens with zero attached hydrogens (tertiary/aromatic N) is 5. The Hall–Kier alpha value is -2.29. The maximum Gasteiger partial charge on any atom is 0.258 e. The SMILES string of the molecule is Cc1cc(=O)n2c(CCN3CCN(c4nsc5ccccc45)CC3)csc2n1. The van der Waals surface area contributed by atoms with E-state index in [1.807, 2.05) is 6.92 Å². The molecule has 5 rings (SSSR count). The molecule has 0 radical (unpaired) electrons. The fourth-order valence-electron chi connectivity index (χ4n) is 3.81. The fourth-order valence-corrected chi connectivity index (χ4v) is 5.58. The van der Waals surface area contributed by atoms with E-state index < -0.39 is 0 Å². The highest BCUT2D eigenvalue weighted by Crippen LogP contribution is 2.29. The van der Waals surface area contributed by atoms with Gasteiger partial charge in [-0.1, -0.05) is 12.1 Å². The van der Waals surface area contributed by atoms with Crippen molar-refractivity contribution in [3.05, 3.63) is 57.5 Å². The molecule has 0 unspecified atom stereocenters. The van der Waals surface area contributed by atoms with Crippen LogP contribution in [0.4, 0.5) is 5.82 Å². The Labute approximate surface area is 170 Å². The summed E-state index contributed by atoms with van der Waals surface area (Å²) in [6.07, 6.45) is 0.865. The number of benzene rings is 1. The van der Waals surface area contributed by atoms with Crippen molar-refractivity contribution < 1.29 is 0 Å². The Morgan fingerprint density at radius 3 is 2.82 bits per heavy atom. The average Bonchev–Trinajstić information content (AvgIpc) is 3.31. The lowest BCUT2D eigenvalue weighted by Crippen LogP contribution is -2.47. The zero-order chi connectivity index (χ0) is 19.1. The molecule has 28 heavy (non-hydrogen) atoms. The molecule has 1 saturated heterocycles. The van der Waals surface area contributed by atoms with Crippen LogP contribution in [0.3, 0.4) is 0 Å². The van der Waals surface area contributed by atoms with Crippen molar-refractivity contribution in [3.8, 4) is 0 Å². The Bertz CT molecular complexity index is 1190. The summed E-state index contributed by atoms with van der Waals surface area (Å²) in [5.41, 5.74) is 1.87. The first kappa shape index (κ1) is 17.8. The summed E-state index contributed by atoms with van der Waals surface area (Å²) < 4.78 is 7.69. The molecule has 0 saturated carbocycles. The number of thiazole rings is 1. The van der Waals surface area contributed by atoms with Crippen LogP contribution in [-0.4, -0.2) is 51.4 Å². The Morgan fingerprint density at radius 2 is 1.96 bits per heavy atom. The minimum atomic E-state index is 0.0268. The van der Waals surface area contributed by atoms with Gasteiger partial charge >= 0.3 is 0 Å². The largest absolute Gasteiger partial charge is 0.353 e.